The van der Waals surface area contributed by atoms with Gasteiger partial charge in [-0.1, -0.05) is 11.6 Å². The van der Waals surface area contributed by atoms with Crippen molar-refractivity contribution in [1.82, 2.24) is 0 Å². The molecular formula is C11H9NO. The van der Waals surface area contributed by atoms with Crippen molar-refractivity contribution >= 4 is 5.57 Å². The third kappa shape index (κ3) is 1.29. The highest BCUT2D eigenvalue weighted by Gasteiger charge is 2.12. The van der Waals surface area contributed by atoms with E-state index in [1.165, 1.54) is 0 Å². The molecule has 1 aliphatic rings. The summed E-state index contributed by atoms with van der Waals surface area (Å²) in [6.07, 6.45) is 1.81. The first kappa shape index (κ1) is 7.88. The van der Waals surface area contributed by atoms with E-state index in [0.717, 1.165) is 16.9 Å². The molecule has 0 bridgehead atoms. The van der Waals surface area contributed by atoms with Crippen molar-refractivity contribution in [2.75, 3.05) is 6.61 Å². The summed E-state index contributed by atoms with van der Waals surface area (Å²) < 4.78 is 5.38. The van der Waals surface area contributed by atoms with Crippen LogP contribution >= 0.6 is 0 Å². The van der Waals surface area contributed by atoms with Gasteiger partial charge in [0.15, 0.2) is 0 Å². The van der Waals surface area contributed by atoms with Gasteiger partial charge in [0.05, 0.1) is 11.6 Å². The van der Waals surface area contributed by atoms with E-state index in [1.807, 2.05) is 31.2 Å². The van der Waals surface area contributed by atoms with Crippen molar-refractivity contribution < 1.29 is 4.74 Å². The summed E-state index contributed by atoms with van der Waals surface area (Å²) in [5, 5.41) is 8.85. The van der Waals surface area contributed by atoms with Gasteiger partial charge in [0, 0.05) is 5.56 Å². The Morgan fingerprint density at radius 2 is 2.31 bits per heavy atom. The van der Waals surface area contributed by atoms with Crippen LogP contribution < -0.4 is 4.74 Å². The van der Waals surface area contributed by atoms with Crippen LogP contribution in [0.15, 0.2) is 24.3 Å². The Hall–Kier alpha value is -1.75. The van der Waals surface area contributed by atoms with E-state index in [0.29, 0.717) is 12.2 Å². The summed E-state index contributed by atoms with van der Waals surface area (Å²) in [5.41, 5.74) is 2.77. The number of benzene rings is 1. The van der Waals surface area contributed by atoms with E-state index >= 15 is 0 Å². The summed E-state index contributed by atoms with van der Waals surface area (Å²) in [4.78, 5) is 0. The Labute approximate surface area is 77.1 Å². The molecular weight excluding hydrogens is 162 g/mol. The number of nitriles is 1. The summed E-state index contributed by atoms with van der Waals surface area (Å²) in [6.45, 7) is 2.50. The molecule has 0 aliphatic carbocycles. The Bertz CT molecular complexity index is 413. The third-order valence-corrected chi connectivity index (χ3v) is 2.07. The molecule has 2 nitrogen and oxygen atoms in total. The van der Waals surface area contributed by atoms with Crippen LogP contribution in [0.25, 0.3) is 5.57 Å². The largest absolute Gasteiger partial charge is 0.489 e. The van der Waals surface area contributed by atoms with Crippen LogP contribution in [-0.2, 0) is 0 Å². The quantitative estimate of drug-likeness (QED) is 0.600. The molecule has 2 rings (SSSR count). The molecule has 1 aromatic carbocycles. The molecule has 13 heavy (non-hydrogen) atoms. The summed E-state index contributed by atoms with van der Waals surface area (Å²) in [5.74, 6) is 0.810. The lowest BCUT2D eigenvalue weighted by Crippen LogP contribution is -2.03. The number of hydrogen-bond donors (Lipinski definition) is 0. The van der Waals surface area contributed by atoms with Crippen LogP contribution in [0.2, 0.25) is 0 Å². The number of rotatable bonds is 0. The first-order chi connectivity index (χ1) is 6.31. The van der Waals surface area contributed by atoms with Crippen molar-refractivity contribution in [1.29, 1.82) is 5.26 Å². The number of nitrogens with zero attached hydrogens (tertiary/aromatic N) is 1. The van der Waals surface area contributed by atoms with Crippen LogP contribution in [0.3, 0.4) is 0 Å². The molecule has 0 aromatic heterocycles. The maximum Gasteiger partial charge on any atom is 0.128 e. The third-order valence-electron chi connectivity index (χ3n) is 2.07. The normalized spacial score (nSPS) is 13.7. The molecule has 0 fully saturated rings. The molecule has 0 N–H and O–H groups in total. The number of fused-ring (bicyclic) bond motifs is 1. The summed E-state index contributed by atoms with van der Waals surface area (Å²) in [6, 6.07) is 8.04. The van der Waals surface area contributed by atoms with Gasteiger partial charge in [-0.05, 0) is 25.1 Å². The minimum absolute atomic E-state index is 0.499. The molecule has 0 saturated carbocycles. The Kier molecular flexibility index (Phi) is 1.79. The first-order valence-corrected chi connectivity index (χ1v) is 4.15. The van der Waals surface area contributed by atoms with E-state index in [4.69, 9.17) is 10.00 Å². The van der Waals surface area contributed by atoms with Crippen molar-refractivity contribution in [3.05, 3.63) is 35.4 Å². The predicted octanol–water partition coefficient (Wildman–Crippen LogP) is 2.29. The second kappa shape index (κ2) is 2.95. The maximum atomic E-state index is 8.85. The molecule has 0 radical (unpaired) electrons. The van der Waals surface area contributed by atoms with Gasteiger partial charge < -0.3 is 4.74 Å². The average molecular weight is 171 g/mol. The zero-order chi connectivity index (χ0) is 9.26. The fraction of sp³-hybridized carbons (Fsp3) is 0.182. The van der Waals surface area contributed by atoms with E-state index in [1.54, 1.807) is 0 Å². The number of aryl methyl sites for hydroxylation is 1. The van der Waals surface area contributed by atoms with Crippen LogP contribution in [0.1, 0.15) is 11.1 Å². The Balaban J connectivity index is 2.59. The highest BCUT2D eigenvalue weighted by atomic mass is 16.5. The smallest absolute Gasteiger partial charge is 0.128 e. The minimum Gasteiger partial charge on any atom is -0.489 e. The van der Waals surface area contributed by atoms with Crippen LogP contribution in [0.5, 0.6) is 5.75 Å². The SMILES string of the molecule is Cc1ccc2c(c1)C(C#N)=CCO2. The highest BCUT2D eigenvalue weighted by molar-refractivity contribution is 5.81. The second-order valence-corrected chi connectivity index (χ2v) is 3.04. The average Bonchev–Trinajstić information content (AvgIpc) is 2.17. The topological polar surface area (TPSA) is 33.0 Å². The molecule has 0 spiro atoms. The molecule has 1 heterocycles. The van der Waals surface area contributed by atoms with Crippen molar-refractivity contribution in [2.45, 2.75) is 6.92 Å². The predicted molar refractivity (Wildman–Crippen MR) is 50.3 cm³/mol. The van der Waals surface area contributed by atoms with Gasteiger partial charge in [-0.2, -0.15) is 5.26 Å². The van der Waals surface area contributed by atoms with Gasteiger partial charge in [0.25, 0.3) is 0 Å². The Morgan fingerprint density at radius 3 is 3.08 bits per heavy atom. The molecule has 0 unspecified atom stereocenters. The van der Waals surface area contributed by atoms with E-state index < -0.39 is 0 Å². The molecule has 0 saturated heterocycles. The fourth-order valence-electron chi connectivity index (χ4n) is 1.41. The van der Waals surface area contributed by atoms with E-state index in [9.17, 15) is 0 Å². The van der Waals surface area contributed by atoms with Crippen molar-refractivity contribution in [3.8, 4) is 11.8 Å². The van der Waals surface area contributed by atoms with Crippen LogP contribution in [0, 0.1) is 18.3 Å². The van der Waals surface area contributed by atoms with Gasteiger partial charge >= 0.3 is 0 Å². The number of hydrogen-bond acceptors (Lipinski definition) is 2. The highest BCUT2D eigenvalue weighted by Crippen LogP contribution is 2.29. The molecule has 1 aliphatic heterocycles. The lowest BCUT2D eigenvalue weighted by Gasteiger charge is -2.14. The van der Waals surface area contributed by atoms with E-state index in [2.05, 4.69) is 6.07 Å². The standard InChI is InChI=1S/C11H9NO/c1-8-2-3-11-10(6-8)9(7-12)4-5-13-11/h2-4,6H,5H2,1H3. The van der Waals surface area contributed by atoms with Gasteiger partial charge in [0.1, 0.15) is 12.4 Å². The zero-order valence-electron chi connectivity index (χ0n) is 7.37. The molecule has 0 atom stereocenters. The lowest BCUT2D eigenvalue weighted by atomic mass is 10.0. The van der Waals surface area contributed by atoms with Crippen LogP contribution in [0.4, 0.5) is 0 Å². The summed E-state index contributed by atoms with van der Waals surface area (Å²) >= 11 is 0. The molecule has 64 valence electrons. The number of allylic oxidation sites excluding steroid dienone is 1. The molecule has 0 amide bonds. The van der Waals surface area contributed by atoms with Gasteiger partial charge in [-0.3, -0.25) is 0 Å². The number of ether oxygens (including phenoxy) is 1. The molecule has 1 aromatic rings. The van der Waals surface area contributed by atoms with Gasteiger partial charge in [0.2, 0.25) is 0 Å². The minimum atomic E-state index is 0.499. The van der Waals surface area contributed by atoms with Gasteiger partial charge in [-0.25, -0.2) is 0 Å². The monoisotopic (exact) mass is 171 g/mol. The zero-order valence-corrected chi connectivity index (χ0v) is 7.37. The lowest BCUT2D eigenvalue weighted by molar-refractivity contribution is 0.357. The van der Waals surface area contributed by atoms with Crippen molar-refractivity contribution in [2.24, 2.45) is 0 Å². The summed E-state index contributed by atoms with van der Waals surface area (Å²) in [7, 11) is 0. The Morgan fingerprint density at radius 1 is 1.46 bits per heavy atom. The van der Waals surface area contributed by atoms with Gasteiger partial charge in [-0.15, -0.1) is 0 Å². The second-order valence-electron chi connectivity index (χ2n) is 3.04. The van der Waals surface area contributed by atoms with Crippen LogP contribution in [-0.4, -0.2) is 6.61 Å². The van der Waals surface area contributed by atoms with Crippen molar-refractivity contribution in [3.63, 3.8) is 0 Å². The maximum absolute atomic E-state index is 8.85. The first-order valence-electron chi connectivity index (χ1n) is 4.15. The van der Waals surface area contributed by atoms with E-state index in [-0.39, 0.29) is 0 Å². The fourth-order valence-corrected chi connectivity index (χ4v) is 1.41. The molecule has 2 heteroatoms.